The molecular weight excluding hydrogens is 208 g/mol. The fraction of sp³-hybridized carbons (Fsp3) is 0.364. The first-order chi connectivity index (χ1) is 7.41. The standard InChI is InChI=1S/C11H14N2O3/c1-7(2)11(14)12-10-5-4-9(13(15)16)6-8(10)3/h4-7H,1-3H3,(H,12,14). The van der Waals surface area contributed by atoms with Crippen LogP contribution in [0.15, 0.2) is 18.2 Å². The molecule has 0 saturated carbocycles. The summed E-state index contributed by atoms with van der Waals surface area (Å²) < 4.78 is 0. The Balaban J connectivity index is 2.91. The second kappa shape index (κ2) is 4.74. The third kappa shape index (κ3) is 2.79. The van der Waals surface area contributed by atoms with Crippen molar-refractivity contribution in [3.63, 3.8) is 0 Å². The summed E-state index contributed by atoms with van der Waals surface area (Å²) in [6.07, 6.45) is 0. The van der Waals surface area contributed by atoms with Crippen molar-refractivity contribution in [3.8, 4) is 0 Å². The molecule has 1 N–H and O–H groups in total. The van der Waals surface area contributed by atoms with E-state index in [2.05, 4.69) is 5.32 Å². The summed E-state index contributed by atoms with van der Waals surface area (Å²) in [5.41, 5.74) is 1.33. The first-order valence-corrected chi connectivity index (χ1v) is 4.97. The maximum absolute atomic E-state index is 11.4. The van der Waals surface area contributed by atoms with Gasteiger partial charge in [0.1, 0.15) is 0 Å². The molecule has 0 spiro atoms. The molecule has 0 fully saturated rings. The summed E-state index contributed by atoms with van der Waals surface area (Å²) in [5, 5.41) is 13.2. The number of hydrogen-bond donors (Lipinski definition) is 1. The Labute approximate surface area is 93.6 Å². The quantitative estimate of drug-likeness (QED) is 0.630. The van der Waals surface area contributed by atoms with E-state index in [4.69, 9.17) is 0 Å². The Morgan fingerprint density at radius 1 is 1.44 bits per heavy atom. The van der Waals surface area contributed by atoms with Crippen LogP contribution in [0.2, 0.25) is 0 Å². The van der Waals surface area contributed by atoms with Crippen molar-refractivity contribution in [2.24, 2.45) is 5.92 Å². The number of nitro benzene ring substituents is 1. The number of aryl methyl sites for hydroxylation is 1. The lowest BCUT2D eigenvalue weighted by Gasteiger charge is -2.09. The molecule has 5 heteroatoms. The zero-order valence-electron chi connectivity index (χ0n) is 9.48. The average molecular weight is 222 g/mol. The first-order valence-electron chi connectivity index (χ1n) is 4.97. The number of hydrogen-bond acceptors (Lipinski definition) is 3. The molecule has 1 amide bonds. The topological polar surface area (TPSA) is 72.2 Å². The van der Waals surface area contributed by atoms with Gasteiger partial charge in [-0.2, -0.15) is 0 Å². The van der Waals surface area contributed by atoms with E-state index in [1.807, 2.05) is 0 Å². The van der Waals surface area contributed by atoms with E-state index in [1.165, 1.54) is 12.1 Å². The molecule has 1 aromatic rings. The zero-order chi connectivity index (χ0) is 12.3. The van der Waals surface area contributed by atoms with Crippen molar-refractivity contribution in [2.75, 3.05) is 5.32 Å². The SMILES string of the molecule is Cc1cc([N+](=O)[O-])ccc1NC(=O)C(C)C. The third-order valence-corrected chi connectivity index (χ3v) is 2.20. The Morgan fingerprint density at radius 2 is 2.06 bits per heavy atom. The molecule has 0 aliphatic heterocycles. The molecule has 1 rings (SSSR count). The number of nitro groups is 1. The number of rotatable bonds is 3. The van der Waals surface area contributed by atoms with Gasteiger partial charge in [-0.05, 0) is 18.6 Å². The minimum Gasteiger partial charge on any atom is -0.326 e. The zero-order valence-corrected chi connectivity index (χ0v) is 9.48. The maximum Gasteiger partial charge on any atom is 0.269 e. The van der Waals surface area contributed by atoms with Gasteiger partial charge in [-0.1, -0.05) is 13.8 Å². The minimum absolute atomic E-state index is 0.0278. The van der Waals surface area contributed by atoms with Crippen molar-refractivity contribution in [3.05, 3.63) is 33.9 Å². The van der Waals surface area contributed by atoms with Crippen LogP contribution < -0.4 is 5.32 Å². The van der Waals surface area contributed by atoms with Gasteiger partial charge in [-0.3, -0.25) is 14.9 Å². The Hall–Kier alpha value is -1.91. The number of carbonyl (C=O) groups is 1. The van der Waals surface area contributed by atoms with Gasteiger partial charge in [0.15, 0.2) is 0 Å². The van der Waals surface area contributed by atoms with E-state index in [0.29, 0.717) is 11.3 Å². The summed E-state index contributed by atoms with van der Waals surface area (Å²) >= 11 is 0. The second-order valence-corrected chi connectivity index (χ2v) is 3.90. The molecule has 0 unspecified atom stereocenters. The third-order valence-electron chi connectivity index (χ3n) is 2.20. The van der Waals surface area contributed by atoms with Crippen LogP contribution in [0.4, 0.5) is 11.4 Å². The summed E-state index contributed by atoms with van der Waals surface area (Å²) in [4.78, 5) is 21.5. The molecule has 16 heavy (non-hydrogen) atoms. The van der Waals surface area contributed by atoms with Gasteiger partial charge >= 0.3 is 0 Å². The molecule has 0 aliphatic rings. The van der Waals surface area contributed by atoms with Gasteiger partial charge in [0.25, 0.3) is 5.69 Å². The Morgan fingerprint density at radius 3 is 2.50 bits per heavy atom. The number of nitrogens with one attached hydrogen (secondary N) is 1. The van der Waals surface area contributed by atoms with Crippen LogP contribution in [0.3, 0.4) is 0 Å². The lowest BCUT2D eigenvalue weighted by Crippen LogP contribution is -2.18. The predicted molar refractivity (Wildman–Crippen MR) is 61.3 cm³/mol. The fourth-order valence-electron chi connectivity index (χ4n) is 1.18. The Bertz CT molecular complexity index is 427. The fourth-order valence-corrected chi connectivity index (χ4v) is 1.18. The second-order valence-electron chi connectivity index (χ2n) is 3.90. The van der Waals surface area contributed by atoms with Gasteiger partial charge in [0.2, 0.25) is 5.91 Å². The predicted octanol–water partition coefficient (Wildman–Crippen LogP) is 2.50. The maximum atomic E-state index is 11.4. The highest BCUT2D eigenvalue weighted by Gasteiger charge is 2.11. The van der Waals surface area contributed by atoms with E-state index in [-0.39, 0.29) is 17.5 Å². The molecule has 0 atom stereocenters. The van der Waals surface area contributed by atoms with Gasteiger partial charge in [0, 0.05) is 23.7 Å². The molecule has 0 aliphatic carbocycles. The van der Waals surface area contributed by atoms with Gasteiger partial charge in [-0.15, -0.1) is 0 Å². The van der Waals surface area contributed by atoms with Crippen LogP contribution in [-0.2, 0) is 4.79 Å². The summed E-state index contributed by atoms with van der Waals surface area (Å²) in [6.45, 7) is 5.30. The normalized spacial score (nSPS) is 10.2. The highest BCUT2D eigenvalue weighted by atomic mass is 16.6. The van der Waals surface area contributed by atoms with Gasteiger partial charge in [0.05, 0.1) is 4.92 Å². The molecular formula is C11H14N2O3. The van der Waals surface area contributed by atoms with Crippen LogP contribution >= 0.6 is 0 Å². The summed E-state index contributed by atoms with van der Waals surface area (Å²) in [7, 11) is 0. The van der Waals surface area contributed by atoms with E-state index in [1.54, 1.807) is 26.8 Å². The van der Waals surface area contributed by atoms with E-state index in [9.17, 15) is 14.9 Å². The highest BCUT2D eigenvalue weighted by Crippen LogP contribution is 2.21. The van der Waals surface area contributed by atoms with Crippen molar-refractivity contribution in [1.29, 1.82) is 0 Å². The average Bonchev–Trinajstić information content (AvgIpc) is 2.20. The molecule has 0 bridgehead atoms. The molecule has 5 nitrogen and oxygen atoms in total. The molecule has 1 aromatic carbocycles. The molecule has 0 radical (unpaired) electrons. The lowest BCUT2D eigenvalue weighted by atomic mass is 10.1. The summed E-state index contributed by atoms with van der Waals surface area (Å²) in [6, 6.07) is 4.37. The van der Waals surface area contributed by atoms with Gasteiger partial charge in [-0.25, -0.2) is 0 Å². The smallest absolute Gasteiger partial charge is 0.269 e. The molecule has 86 valence electrons. The number of non-ortho nitro benzene ring substituents is 1. The number of amides is 1. The highest BCUT2D eigenvalue weighted by molar-refractivity contribution is 5.92. The van der Waals surface area contributed by atoms with Crippen LogP contribution in [0.25, 0.3) is 0 Å². The van der Waals surface area contributed by atoms with Crippen molar-refractivity contribution >= 4 is 17.3 Å². The number of nitrogens with zero attached hydrogens (tertiary/aromatic N) is 1. The van der Waals surface area contributed by atoms with Crippen molar-refractivity contribution in [1.82, 2.24) is 0 Å². The summed E-state index contributed by atoms with van der Waals surface area (Å²) in [5.74, 6) is -0.216. The number of anilines is 1. The lowest BCUT2D eigenvalue weighted by molar-refractivity contribution is -0.384. The van der Waals surface area contributed by atoms with Crippen molar-refractivity contribution < 1.29 is 9.72 Å². The van der Waals surface area contributed by atoms with Crippen LogP contribution in [0.5, 0.6) is 0 Å². The minimum atomic E-state index is -0.457. The molecule has 0 aromatic heterocycles. The first kappa shape index (κ1) is 12.2. The van der Waals surface area contributed by atoms with Crippen molar-refractivity contribution in [2.45, 2.75) is 20.8 Å². The van der Waals surface area contributed by atoms with E-state index in [0.717, 1.165) is 0 Å². The van der Waals surface area contributed by atoms with Crippen LogP contribution in [0, 0.1) is 23.0 Å². The van der Waals surface area contributed by atoms with Crippen LogP contribution in [0.1, 0.15) is 19.4 Å². The Kier molecular flexibility index (Phi) is 3.60. The number of benzene rings is 1. The van der Waals surface area contributed by atoms with Crippen LogP contribution in [-0.4, -0.2) is 10.8 Å². The molecule has 0 heterocycles. The van der Waals surface area contributed by atoms with E-state index >= 15 is 0 Å². The number of carbonyl (C=O) groups excluding carboxylic acids is 1. The molecule has 0 saturated heterocycles. The van der Waals surface area contributed by atoms with Gasteiger partial charge < -0.3 is 5.32 Å². The monoisotopic (exact) mass is 222 g/mol. The van der Waals surface area contributed by atoms with E-state index < -0.39 is 4.92 Å². The largest absolute Gasteiger partial charge is 0.326 e.